The average Bonchev–Trinajstić information content (AvgIpc) is 2.04. The minimum atomic E-state index is -0.125. The third-order valence-corrected chi connectivity index (χ3v) is 1.88. The minimum absolute atomic E-state index is 0.0638. The summed E-state index contributed by atoms with van der Waals surface area (Å²) in [7, 11) is 0. The molecule has 1 atom stereocenters. The Morgan fingerprint density at radius 3 is 2.33 bits per heavy atom. The van der Waals surface area contributed by atoms with Gasteiger partial charge in [-0.15, -0.1) is 18.8 Å². The van der Waals surface area contributed by atoms with Crippen molar-refractivity contribution in [1.82, 2.24) is 0 Å². The summed E-state index contributed by atoms with van der Waals surface area (Å²) in [5, 5.41) is 0. The van der Waals surface area contributed by atoms with Gasteiger partial charge in [0.15, 0.2) is 0 Å². The number of hydrogen-bond donors (Lipinski definition) is 0. The van der Waals surface area contributed by atoms with Crippen molar-refractivity contribution in [3.8, 4) is 24.7 Å². The van der Waals surface area contributed by atoms with Crippen molar-refractivity contribution in [1.29, 1.82) is 0 Å². The molecule has 0 aromatic rings. The summed E-state index contributed by atoms with van der Waals surface area (Å²) in [6.07, 6.45) is 11.5. The third-order valence-electron chi connectivity index (χ3n) is 1.88. The number of Topliss-reactive ketones (excluding diaryl/α,β-unsaturated/α-hetero) is 1. The molecule has 0 amide bonds. The molecule has 0 radical (unpaired) electrons. The summed E-state index contributed by atoms with van der Waals surface area (Å²) in [6, 6.07) is 0. The van der Waals surface area contributed by atoms with Gasteiger partial charge in [-0.05, 0) is 18.3 Å². The standard InChI is InChI=1S/C11H14O/c1-5-7-8-10(9(3)4)11(12)6-2/h1-2,9-10H,7-8H2,3-4H3/t10-/m1/s1. The van der Waals surface area contributed by atoms with E-state index < -0.39 is 0 Å². The molecule has 0 spiro atoms. The van der Waals surface area contributed by atoms with Crippen molar-refractivity contribution in [3.63, 3.8) is 0 Å². The molecule has 0 bridgehead atoms. The van der Waals surface area contributed by atoms with Gasteiger partial charge in [-0.1, -0.05) is 13.8 Å². The molecule has 0 aromatic heterocycles. The molecule has 0 saturated heterocycles. The van der Waals surface area contributed by atoms with Crippen LogP contribution in [0.1, 0.15) is 26.7 Å². The van der Waals surface area contributed by atoms with Crippen LogP contribution in [-0.4, -0.2) is 5.78 Å². The van der Waals surface area contributed by atoms with Crippen molar-refractivity contribution < 1.29 is 4.79 Å². The molecule has 1 nitrogen and oxygen atoms in total. The highest BCUT2D eigenvalue weighted by Crippen LogP contribution is 2.17. The molecule has 0 fully saturated rings. The zero-order chi connectivity index (χ0) is 9.56. The van der Waals surface area contributed by atoms with Gasteiger partial charge in [0.2, 0.25) is 5.78 Å². The molecule has 12 heavy (non-hydrogen) atoms. The first-order valence-electron chi connectivity index (χ1n) is 4.07. The molecular weight excluding hydrogens is 148 g/mol. The van der Waals surface area contributed by atoms with Crippen molar-refractivity contribution in [2.75, 3.05) is 0 Å². The average molecular weight is 162 g/mol. The fourth-order valence-corrected chi connectivity index (χ4v) is 1.11. The van der Waals surface area contributed by atoms with Gasteiger partial charge in [-0.2, -0.15) is 0 Å². The Bertz CT molecular complexity index is 224. The van der Waals surface area contributed by atoms with Crippen molar-refractivity contribution in [3.05, 3.63) is 0 Å². The molecule has 0 aliphatic heterocycles. The lowest BCUT2D eigenvalue weighted by Crippen LogP contribution is -2.18. The van der Waals surface area contributed by atoms with Crippen LogP contribution in [0.5, 0.6) is 0 Å². The summed E-state index contributed by atoms with van der Waals surface area (Å²) in [6.45, 7) is 3.97. The van der Waals surface area contributed by atoms with Crippen LogP contribution in [-0.2, 0) is 4.79 Å². The van der Waals surface area contributed by atoms with Crippen LogP contribution < -0.4 is 0 Å². The molecule has 0 unspecified atom stereocenters. The van der Waals surface area contributed by atoms with E-state index in [2.05, 4.69) is 11.8 Å². The van der Waals surface area contributed by atoms with E-state index >= 15 is 0 Å². The van der Waals surface area contributed by atoms with Gasteiger partial charge in [0.25, 0.3) is 0 Å². The summed E-state index contributed by atoms with van der Waals surface area (Å²) in [4.78, 5) is 11.2. The quantitative estimate of drug-likeness (QED) is 0.455. The topological polar surface area (TPSA) is 17.1 Å². The summed E-state index contributed by atoms with van der Waals surface area (Å²) >= 11 is 0. The second-order valence-electron chi connectivity index (χ2n) is 3.10. The lowest BCUT2D eigenvalue weighted by atomic mass is 9.88. The van der Waals surface area contributed by atoms with Crippen molar-refractivity contribution >= 4 is 5.78 Å². The predicted octanol–water partition coefficient (Wildman–Crippen LogP) is 1.87. The molecule has 0 N–H and O–H groups in total. The van der Waals surface area contributed by atoms with Crippen LogP contribution in [0, 0.1) is 36.5 Å². The summed E-state index contributed by atoms with van der Waals surface area (Å²) in [5.41, 5.74) is 0. The fourth-order valence-electron chi connectivity index (χ4n) is 1.11. The number of carbonyl (C=O) groups is 1. The number of ketones is 1. The Hall–Kier alpha value is -1.21. The van der Waals surface area contributed by atoms with Gasteiger partial charge in [0.05, 0.1) is 0 Å². The van der Waals surface area contributed by atoms with E-state index in [1.165, 1.54) is 0 Å². The number of terminal acetylenes is 2. The van der Waals surface area contributed by atoms with Gasteiger partial charge in [0.1, 0.15) is 0 Å². The maximum absolute atomic E-state index is 11.2. The zero-order valence-electron chi connectivity index (χ0n) is 7.63. The second kappa shape index (κ2) is 5.44. The third kappa shape index (κ3) is 3.26. The largest absolute Gasteiger partial charge is 0.285 e. The molecule has 64 valence electrons. The van der Waals surface area contributed by atoms with Crippen LogP contribution in [0.2, 0.25) is 0 Å². The van der Waals surface area contributed by atoms with E-state index in [0.29, 0.717) is 12.8 Å². The first-order chi connectivity index (χ1) is 5.63. The Morgan fingerprint density at radius 1 is 1.42 bits per heavy atom. The molecule has 0 rings (SSSR count). The van der Waals surface area contributed by atoms with Gasteiger partial charge in [0, 0.05) is 12.3 Å². The highest BCUT2D eigenvalue weighted by molar-refractivity contribution is 5.96. The molecule has 0 aromatic carbocycles. The number of hydrogen-bond acceptors (Lipinski definition) is 1. The van der Waals surface area contributed by atoms with Crippen LogP contribution in [0.25, 0.3) is 0 Å². The summed E-state index contributed by atoms with van der Waals surface area (Å²) < 4.78 is 0. The number of carbonyl (C=O) groups excluding carboxylic acids is 1. The first kappa shape index (κ1) is 10.8. The van der Waals surface area contributed by atoms with E-state index in [1.807, 2.05) is 13.8 Å². The normalized spacial score (nSPS) is 11.8. The minimum Gasteiger partial charge on any atom is -0.285 e. The van der Waals surface area contributed by atoms with Gasteiger partial charge in [-0.25, -0.2) is 0 Å². The molecular formula is C11H14O. The van der Waals surface area contributed by atoms with Crippen LogP contribution in [0.15, 0.2) is 0 Å². The molecule has 0 saturated carbocycles. The van der Waals surface area contributed by atoms with Gasteiger partial charge < -0.3 is 0 Å². The fraction of sp³-hybridized carbons (Fsp3) is 0.545. The van der Waals surface area contributed by atoms with Crippen molar-refractivity contribution in [2.45, 2.75) is 26.7 Å². The van der Waals surface area contributed by atoms with E-state index in [1.54, 1.807) is 0 Å². The first-order valence-corrected chi connectivity index (χ1v) is 4.07. The molecule has 0 aliphatic rings. The Morgan fingerprint density at radius 2 is 2.00 bits per heavy atom. The lowest BCUT2D eigenvalue weighted by Gasteiger charge is -2.14. The molecule has 0 heterocycles. The van der Waals surface area contributed by atoms with Crippen molar-refractivity contribution in [2.24, 2.45) is 11.8 Å². The summed E-state index contributed by atoms with van der Waals surface area (Å²) in [5.74, 6) is 4.75. The van der Waals surface area contributed by atoms with E-state index in [0.717, 1.165) is 0 Å². The Balaban J connectivity index is 4.18. The Labute approximate surface area is 74.5 Å². The van der Waals surface area contributed by atoms with Gasteiger partial charge in [-0.3, -0.25) is 4.79 Å². The van der Waals surface area contributed by atoms with Crippen LogP contribution in [0.4, 0.5) is 0 Å². The van der Waals surface area contributed by atoms with Gasteiger partial charge >= 0.3 is 0 Å². The van der Waals surface area contributed by atoms with Crippen LogP contribution >= 0.6 is 0 Å². The van der Waals surface area contributed by atoms with E-state index in [-0.39, 0.29) is 17.6 Å². The maximum atomic E-state index is 11.2. The molecule has 1 heteroatoms. The lowest BCUT2D eigenvalue weighted by molar-refractivity contribution is -0.118. The van der Waals surface area contributed by atoms with E-state index in [4.69, 9.17) is 12.8 Å². The highest BCUT2D eigenvalue weighted by Gasteiger charge is 2.19. The SMILES string of the molecule is C#CCC[C@@H](C(=O)C#C)C(C)C. The van der Waals surface area contributed by atoms with E-state index in [9.17, 15) is 4.79 Å². The predicted molar refractivity (Wildman–Crippen MR) is 50.2 cm³/mol. The maximum Gasteiger partial charge on any atom is 0.208 e. The zero-order valence-corrected chi connectivity index (χ0v) is 7.63. The van der Waals surface area contributed by atoms with Crippen LogP contribution in [0.3, 0.4) is 0 Å². The number of rotatable bonds is 4. The molecule has 0 aliphatic carbocycles. The Kier molecular flexibility index (Phi) is 4.89. The highest BCUT2D eigenvalue weighted by atomic mass is 16.1. The monoisotopic (exact) mass is 162 g/mol. The second-order valence-corrected chi connectivity index (χ2v) is 3.10. The smallest absolute Gasteiger partial charge is 0.208 e.